The van der Waals surface area contributed by atoms with Gasteiger partial charge < -0.3 is 15.0 Å². The van der Waals surface area contributed by atoms with E-state index in [0.717, 1.165) is 24.8 Å². The minimum absolute atomic E-state index is 0.134. The Morgan fingerprint density at radius 1 is 0.919 bits per heavy atom. The van der Waals surface area contributed by atoms with Gasteiger partial charge in [0.1, 0.15) is 17.6 Å². The highest BCUT2D eigenvalue weighted by Crippen LogP contribution is 2.25. The van der Waals surface area contributed by atoms with Crippen LogP contribution in [0.2, 0.25) is 0 Å². The number of rotatable bonds is 11. The highest BCUT2D eigenvalue weighted by molar-refractivity contribution is 5.89. The fraction of sp³-hybridized carbons (Fsp3) is 0.290. The second kappa shape index (κ2) is 13.4. The van der Waals surface area contributed by atoms with Gasteiger partial charge in [-0.05, 0) is 67.5 Å². The summed E-state index contributed by atoms with van der Waals surface area (Å²) in [6.07, 6.45) is 7.65. The molecule has 0 spiro atoms. The average Bonchev–Trinajstić information content (AvgIpc) is 2.94. The summed E-state index contributed by atoms with van der Waals surface area (Å²) in [5.74, 6) is -0.382. The third-order valence-corrected chi connectivity index (χ3v) is 6.50. The van der Waals surface area contributed by atoms with Gasteiger partial charge in [0.25, 0.3) is 5.91 Å². The lowest BCUT2D eigenvalue weighted by Gasteiger charge is -2.31. The summed E-state index contributed by atoms with van der Waals surface area (Å²) in [5, 5.41) is 3.06. The van der Waals surface area contributed by atoms with Gasteiger partial charge in [-0.2, -0.15) is 0 Å². The predicted molar refractivity (Wildman–Crippen MR) is 142 cm³/mol. The first-order valence-electron chi connectivity index (χ1n) is 12.8. The molecule has 37 heavy (non-hydrogen) atoms. The lowest BCUT2D eigenvalue weighted by atomic mass is 9.97. The number of nitrogens with zero attached hydrogens (tertiary/aromatic N) is 1. The van der Waals surface area contributed by atoms with Crippen molar-refractivity contribution in [2.24, 2.45) is 0 Å². The number of hydrogen-bond donors (Lipinski definition) is 1. The molecule has 2 amide bonds. The predicted octanol–water partition coefficient (Wildman–Crippen LogP) is 5.98. The van der Waals surface area contributed by atoms with Crippen molar-refractivity contribution in [1.82, 2.24) is 10.2 Å². The van der Waals surface area contributed by atoms with E-state index in [1.807, 2.05) is 48.5 Å². The zero-order valence-corrected chi connectivity index (χ0v) is 20.9. The maximum atomic E-state index is 13.6. The normalized spacial score (nSPS) is 13.8. The maximum absolute atomic E-state index is 13.6. The fourth-order valence-electron chi connectivity index (χ4n) is 4.54. The molecule has 5 nitrogen and oxygen atoms in total. The number of allylic oxidation sites excluding steroid dienone is 1. The molecular formula is C31H33FN2O3. The van der Waals surface area contributed by atoms with Crippen LogP contribution in [0, 0.1) is 5.82 Å². The molecule has 1 aliphatic rings. The molecular weight excluding hydrogens is 467 g/mol. The van der Waals surface area contributed by atoms with Crippen LogP contribution in [-0.2, 0) is 16.1 Å². The Balaban J connectivity index is 1.56. The SMILES string of the molecule is O=C(NCCC1=CCCCC1)[C@H](c1ccccc1)N(Cc1ccc(F)cc1)C(=O)COc1ccccc1. The molecule has 0 aliphatic heterocycles. The minimum Gasteiger partial charge on any atom is -0.484 e. The van der Waals surface area contributed by atoms with E-state index in [1.165, 1.54) is 35.4 Å². The van der Waals surface area contributed by atoms with E-state index in [4.69, 9.17) is 4.74 Å². The van der Waals surface area contributed by atoms with Gasteiger partial charge >= 0.3 is 0 Å². The average molecular weight is 501 g/mol. The van der Waals surface area contributed by atoms with Gasteiger partial charge in [0.15, 0.2) is 6.61 Å². The van der Waals surface area contributed by atoms with Crippen molar-refractivity contribution in [2.45, 2.75) is 44.7 Å². The summed E-state index contributed by atoms with van der Waals surface area (Å²) in [6.45, 7) is 0.414. The van der Waals surface area contributed by atoms with E-state index < -0.39 is 6.04 Å². The zero-order valence-electron chi connectivity index (χ0n) is 20.9. The van der Waals surface area contributed by atoms with Crippen LogP contribution in [-0.4, -0.2) is 29.9 Å². The molecule has 6 heteroatoms. The lowest BCUT2D eigenvalue weighted by molar-refractivity contribution is -0.143. The molecule has 4 rings (SSSR count). The molecule has 1 atom stereocenters. The summed E-state index contributed by atoms with van der Waals surface area (Å²) >= 11 is 0. The molecule has 0 bridgehead atoms. The number of para-hydroxylation sites is 1. The Morgan fingerprint density at radius 3 is 2.30 bits per heavy atom. The third-order valence-electron chi connectivity index (χ3n) is 6.50. The van der Waals surface area contributed by atoms with E-state index in [1.54, 1.807) is 24.3 Å². The van der Waals surface area contributed by atoms with E-state index in [9.17, 15) is 14.0 Å². The Morgan fingerprint density at radius 2 is 1.62 bits per heavy atom. The number of hydrogen-bond acceptors (Lipinski definition) is 3. The monoisotopic (exact) mass is 500 g/mol. The number of carbonyl (C=O) groups excluding carboxylic acids is 2. The maximum Gasteiger partial charge on any atom is 0.261 e. The van der Waals surface area contributed by atoms with Crippen molar-refractivity contribution < 1.29 is 18.7 Å². The molecule has 3 aromatic carbocycles. The smallest absolute Gasteiger partial charge is 0.261 e. The number of halogens is 1. The van der Waals surface area contributed by atoms with Crippen LogP contribution in [0.25, 0.3) is 0 Å². The zero-order chi connectivity index (χ0) is 25.9. The molecule has 0 aromatic heterocycles. The second-order valence-corrected chi connectivity index (χ2v) is 9.21. The summed E-state index contributed by atoms with van der Waals surface area (Å²) in [6, 6.07) is 23.5. The van der Waals surface area contributed by atoms with E-state index >= 15 is 0 Å². The summed E-state index contributed by atoms with van der Waals surface area (Å²) in [5.41, 5.74) is 2.79. The summed E-state index contributed by atoms with van der Waals surface area (Å²) in [7, 11) is 0. The van der Waals surface area contributed by atoms with Crippen LogP contribution in [0.3, 0.4) is 0 Å². The number of benzene rings is 3. The Hall–Kier alpha value is -3.93. The second-order valence-electron chi connectivity index (χ2n) is 9.21. The molecule has 0 unspecified atom stereocenters. The minimum atomic E-state index is -0.863. The Kier molecular flexibility index (Phi) is 9.47. The molecule has 0 radical (unpaired) electrons. The van der Waals surface area contributed by atoms with Crippen LogP contribution in [0.1, 0.15) is 49.3 Å². The first-order chi connectivity index (χ1) is 18.1. The fourth-order valence-corrected chi connectivity index (χ4v) is 4.54. The quantitative estimate of drug-likeness (QED) is 0.330. The van der Waals surface area contributed by atoms with Gasteiger partial charge in [0, 0.05) is 13.1 Å². The van der Waals surface area contributed by atoms with Crippen molar-refractivity contribution in [2.75, 3.05) is 13.2 Å². The Bertz CT molecular complexity index is 1180. The third kappa shape index (κ3) is 7.78. The molecule has 1 N–H and O–H groups in total. The molecule has 0 saturated heterocycles. The van der Waals surface area contributed by atoms with Crippen molar-refractivity contribution in [3.05, 3.63) is 114 Å². The van der Waals surface area contributed by atoms with Crippen LogP contribution in [0.15, 0.2) is 96.6 Å². The van der Waals surface area contributed by atoms with Gasteiger partial charge in [-0.1, -0.05) is 72.3 Å². The van der Waals surface area contributed by atoms with Crippen molar-refractivity contribution in [1.29, 1.82) is 0 Å². The number of carbonyl (C=O) groups is 2. The number of ether oxygens (including phenoxy) is 1. The molecule has 1 aliphatic carbocycles. The van der Waals surface area contributed by atoms with E-state index in [2.05, 4.69) is 11.4 Å². The first kappa shape index (κ1) is 26.1. The van der Waals surface area contributed by atoms with Crippen LogP contribution < -0.4 is 10.1 Å². The highest BCUT2D eigenvalue weighted by atomic mass is 19.1. The first-order valence-corrected chi connectivity index (χ1v) is 12.8. The Labute approximate surface area is 218 Å². The summed E-state index contributed by atoms with van der Waals surface area (Å²) in [4.78, 5) is 28.7. The van der Waals surface area contributed by atoms with Crippen molar-refractivity contribution in [3.8, 4) is 5.75 Å². The van der Waals surface area contributed by atoms with Crippen molar-refractivity contribution in [3.63, 3.8) is 0 Å². The van der Waals surface area contributed by atoms with Crippen LogP contribution in [0.5, 0.6) is 5.75 Å². The molecule has 3 aromatic rings. The van der Waals surface area contributed by atoms with E-state index in [0.29, 0.717) is 17.9 Å². The number of nitrogens with one attached hydrogen (secondary N) is 1. The van der Waals surface area contributed by atoms with Gasteiger partial charge in [0.2, 0.25) is 5.91 Å². The molecule has 0 heterocycles. The topological polar surface area (TPSA) is 58.6 Å². The van der Waals surface area contributed by atoms with Crippen LogP contribution >= 0.6 is 0 Å². The highest BCUT2D eigenvalue weighted by Gasteiger charge is 2.31. The van der Waals surface area contributed by atoms with Gasteiger partial charge in [-0.3, -0.25) is 9.59 Å². The molecule has 0 fully saturated rings. The van der Waals surface area contributed by atoms with Gasteiger partial charge in [-0.25, -0.2) is 4.39 Å². The molecule has 0 saturated carbocycles. The standard InChI is InChI=1S/C31H33FN2O3/c32-27-18-16-25(17-19-27)22-34(29(35)23-37-28-14-8-3-9-15-28)30(26-12-6-2-7-13-26)31(36)33-21-20-24-10-4-1-5-11-24/h2-3,6-10,12-19,30H,1,4-5,11,20-23H2,(H,33,36)/t30-/m0/s1. The summed E-state index contributed by atoms with van der Waals surface area (Å²) < 4.78 is 19.3. The van der Waals surface area contributed by atoms with E-state index in [-0.39, 0.29) is 30.8 Å². The van der Waals surface area contributed by atoms with Crippen molar-refractivity contribution >= 4 is 11.8 Å². The molecule has 192 valence electrons. The van der Waals surface area contributed by atoms with Gasteiger partial charge in [-0.15, -0.1) is 0 Å². The van der Waals surface area contributed by atoms with Gasteiger partial charge in [0.05, 0.1) is 0 Å². The largest absolute Gasteiger partial charge is 0.484 e. The lowest BCUT2D eigenvalue weighted by Crippen LogP contribution is -2.45. The van der Waals surface area contributed by atoms with Crippen LogP contribution in [0.4, 0.5) is 4.39 Å². The number of amides is 2.